The number of aliphatic hydroxyl groups is 1. The number of ether oxygens (including phenoxy) is 1. The lowest BCUT2D eigenvalue weighted by atomic mass is 9.65. The van der Waals surface area contributed by atoms with E-state index in [4.69, 9.17) is 9.57 Å². The molecule has 5 fully saturated rings. The number of carbonyl (C=O) groups is 2. The third-order valence-corrected chi connectivity index (χ3v) is 7.65. The van der Waals surface area contributed by atoms with Crippen LogP contribution in [0, 0.1) is 41.4 Å². The highest BCUT2D eigenvalue weighted by Gasteiger charge is 2.70. The normalized spacial score (nSPS) is 48.6. The van der Waals surface area contributed by atoms with E-state index in [0.717, 1.165) is 19.3 Å². The second-order valence-corrected chi connectivity index (χ2v) is 8.71. The molecule has 6 heteroatoms. The molecule has 4 aliphatic carbocycles. The summed E-state index contributed by atoms with van der Waals surface area (Å²) in [7, 11) is 0. The van der Waals surface area contributed by atoms with Crippen LogP contribution >= 0.6 is 0 Å². The molecule has 4 saturated carbocycles. The molecule has 1 heterocycles. The van der Waals surface area contributed by atoms with Crippen LogP contribution in [0.5, 0.6) is 0 Å². The van der Waals surface area contributed by atoms with Crippen LogP contribution in [0.4, 0.5) is 0 Å². The molecule has 136 valence electrons. The number of aliphatic hydroxyl groups excluding tert-OH is 1. The van der Waals surface area contributed by atoms with Gasteiger partial charge in [-0.15, -0.1) is 0 Å². The minimum atomic E-state index is -0.542. The van der Waals surface area contributed by atoms with Gasteiger partial charge in [0.05, 0.1) is 18.8 Å². The van der Waals surface area contributed by atoms with Gasteiger partial charge in [0.2, 0.25) is 0 Å². The molecular formula is C19H25NO5. The largest absolute Gasteiger partial charge is 0.452 e. The summed E-state index contributed by atoms with van der Waals surface area (Å²) in [6, 6.07) is 0.124. The van der Waals surface area contributed by atoms with Gasteiger partial charge >= 0.3 is 5.97 Å². The van der Waals surface area contributed by atoms with Gasteiger partial charge in [-0.25, -0.2) is 9.86 Å². The molecule has 1 saturated heterocycles. The Kier molecular flexibility index (Phi) is 3.36. The van der Waals surface area contributed by atoms with Gasteiger partial charge in [0.15, 0.2) is 6.61 Å². The van der Waals surface area contributed by atoms with Crippen LogP contribution in [0.2, 0.25) is 0 Å². The van der Waals surface area contributed by atoms with E-state index in [1.54, 1.807) is 6.92 Å². The molecule has 1 aliphatic heterocycles. The van der Waals surface area contributed by atoms with Gasteiger partial charge in [-0.2, -0.15) is 0 Å². The number of rotatable bonds is 3. The van der Waals surface area contributed by atoms with Crippen molar-refractivity contribution >= 4 is 11.9 Å². The summed E-state index contributed by atoms with van der Waals surface area (Å²) in [6.07, 6.45) is 3.12. The molecule has 0 aromatic carbocycles. The Morgan fingerprint density at radius 3 is 2.72 bits per heavy atom. The molecule has 5 aliphatic rings. The molecule has 6 nitrogen and oxygen atoms in total. The maximum absolute atomic E-state index is 12.5. The van der Waals surface area contributed by atoms with E-state index < -0.39 is 5.97 Å². The molecule has 1 amide bonds. The second kappa shape index (κ2) is 5.30. The third-order valence-electron chi connectivity index (χ3n) is 7.65. The van der Waals surface area contributed by atoms with Crippen molar-refractivity contribution in [1.82, 2.24) is 5.06 Å². The van der Waals surface area contributed by atoms with Crippen molar-refractivity contribution in [2.45, 2.75) is 38.3 Å². The zero-order chi connectivity index (χ0) is 17.5. The fourth-order valence-corrected chi connectivity index (χ4v) is 7.05. The second-order valence-electron chi connectivity index (χ2n) is 8.71. The monoisotopic (exact) mass is 347 g/mol. The number of hydroxylamine groups is 2. The fraction of sp³-hybridized carbons (Fsp3) is 0.789. The number of fused-ring (bicyclic) bond motifs is 12. The lowest BCUT2D eigenvalue weighted by Gasteiger charge is -2.42. The lowest BCUT2D eigenvalue weighted by molar-refractivity contribution is -0.187. The van der Waals surface area contributed by atoms with Crippen LogP contribution in [0.15, 0.2) is 12.2 Å². The number of nitrogens with zero attached hydrogens (tertiary/aromatic N) is 1. The van der Waals surface area contributed by atoms with Gasteiger partial charge in [0, 0.05) is 11.5 Å². The minimum absolute atomic E-state index is 0.120. The van der Waals surface area contributed by atoms with E-state index in [-0.39, 0.29) is 30.2 Å². The maximum atomic E-state index is 12.5. The number of carbonyl (C=O) groups excluding carboxylic acids is 2. The number of esters is 1. The third kappa shape index (κ3) is 2.04. The number of hydrogen-bond donors (Lipinski definition) is 1. The van der Waals surface area contributed by atoms with E-state index in [1.807, 2.05) is 0 Å². The summed E-state index contributed by atoms with van der Waals surface area (Å²) in [6.45, 7) is 5.38. The van der Waals surface area contributed by atoms with Crippen LogP contribution in [-0.4, -0.2) is 47.4 Å². The van der Waals surface area contributed by atoms with Crippen molar-refractivity contribution in [2.75, 3.05) is 13.2 Å². The van der Waals surface area contributed by atoms with Gasteiger partial charge < -0.3 is 9.84 Å². The van der Waals surface area contributed by atoms with Gasteiger partial charge in [-0.3, -0.25) is 9.63 Å². The lowest BCUT2D eigenvalue weighted by Crippen LogP contribution is -2.49. The Bertz CT molecular complexity index is 648. The van der Waals surface area contributed by atoms with E-state index in [9.17, 15) is 14.7 Å². The molecule has 4 bridgehead atoms. The molecular weight excluding hydrogens is 322 g/mol. The van der Waals surface area contributed by atoms with Crippen LogP contribution < -0.4 is 0 Å². The Hall–Kier alpha value is -1.40. The fourth-order valence-electron chi connectivity index (χ4n) is 7.05. The Morgan fingerprint density at radius 1 is 1.16 bits per heavy atom. The molecule has 0 spiro atoms. The topological polar surface area (TPSA) is 76.1 Å². The van der Waals surface area contributed by atoms with E-state index in [2.05, 4.69) is 6.58 Å². The summed E-state index contributed by atoms with van der Waals surface area (Å²) in [4.78, 5) is 29.8. The predicted molar refractivity (Wildman–Crippen MR) is 86.6 cm³/mol. The maximum Gasteiger partial charge on any atom is 0.333 e. The summed E-state index contributed by atoms with van der Waals surface area (Å²) in [5.74, 6) is 2.94. The van der Waals surface area contributed by atoms with Crippen molar-refractivity contribution in [3.63, 3.8) is 0 Å². The standard InChI is InChI=1S/C19H25NO5/c1-8(2)19(23)24-7-15(22)20-18-12-5-10(13(18)6-25-20)17-11-3-9(16(12)17)4-14(11)21/h9-14,16-18,21H,1,3-7H2,2H3. The van der Waals surface area contributed by atoms with Crippen molar-refractivity contribution in [3.05, 3.63) is 12.2 Å². The average Bonchev–Trinajstić information content (AvgIpc) is 3.32. The van der Waals surface area contributed by atoms with E-state index in [0.29, 0.717) is 48.0 Å². The summed E-state index contributed by atoms with van der Waals surface area (Å²) in [5.41, 5.74) is 0.288. The first-order valence-electron chi connectivity index (χ1n) is 9.43. The Labute approximate surface area is 147 Å². The number of amides is 1. The molecule has 0 radical (unpaired) electrons. The van der Waals surface area contributed by atoms with E-state index >= 15 is 0 Å². The molecule has 0 aromatic rings. The average molecular weight is 347 g/mol. The molecule has 5 rings (SSSR count). The van der Waals surface area contributed by atoms with E-state index in [1.165, 1.54) is 5.06 Å². The first-order chi connectivity index (χ1) is 12.0. The zero-order valence-electron chi connectivity index (χ0n) is 14.5. The van der Waals surface area contributed by atoms with Crippen LogP contribution in [0.1, 0.15) is 26.2 Å². The van der Waals surface area contributed by atoms with Crippen LogP contribution in [0.25, 0.3) is 0 Å². The highest BCUT2D eigenvalue weighted by molar-refractivity contribution is 5.89. The van der Waals surface area contributed by atoms with Crippen molar-refractivity contribution in [1.29, 1.82) is 0 Å². The van der Waals surface area contributed by atoms with Crippen molar-refractivity contribution in [3.8, 4) is 0 Å². The van der Waals surface area contributed by atoms with Gasteiger partial charge in [0.1, 0.15) is 0 Å². The van der Waals surface area contributed by atoms with Gasteiger partial charge in [-0.05, 0) is 61.7 Å². The Morgan fingerprint density at radius 2 is 1.96 bits per heavy atom. The molecule has 1 N–H and O–H groups in total. The smallest absolute Gasteiger partial charge is 0.333 e. The highest BCUT2D eigenvalue weighted by atomic mass is 16.7. The predicted octanol–water partition coefficient (Wildman–Crippen LogP) is 1.15. The molecule has 25 heavy (non-hydrogen) atoms. The van der Waals surface area contributed by atoms with Gasteiger partial charge in [0.25, 0.3) is 5.91 Å². The summed E-state index contributed by atoms with van der Waals surface area (Å²) in [5, 5.41) is 11.8. The molecule has 9 unspecified atom stereocenters. The molecule has 0 aromatic heterocycles. The minimum Gasteiger partial charge on any atom is -0.452 e. The summed E-state index contributed by atoms with van der Waals surface area (Å²) < 4.78 is 5.01. The first kappa shape index (κ1) is 15.8. The highest BCUT2D eigenvalue weighted by Crippen LogP contribution is 2.70. The number of hydrogen-bond acceptors (Lipinski definition) is 5. The SMILES string of the molecule is C=C(C)C(=O)OCC(=O)N1OCC2C3CC(C4C5CC(O)C(C5)C34)C21. The molecule has 9 atom stereocenters. The van der Waals surface area contributed by atoms with Crippen molar-refractivity contribution in [2.24, 2.45) is 41.4 Å². The zero-order valence-corrected chi connectivity index (χ0v) is 14.5. The first-order valence-corrected chi connectivity index (χ1v) is 9.43. The van der Waals surface area contributed by atoms with Crippen LogP contribution in [0.3, 0.4) is 0 Å². The quantitative estimate of drug-likeness (QED) is 0.471. The van der Waals surface area contributed by atoms with Crippen LogP contribution in [-0.2, 0) is 19.2 Å². The summed E-state index contributed by atoms with van der Waals surface area (Å²) >= 11 is 0. The Balaban J connectivity index is 1.31. The van der Waals surface area contributed by atoms with Gasteiger partial charge in [-0.1, -0.05) is 6.58 Å². The van der Waals surface area contributed by atoms with Crippen molar-refractivity contribution < 1.29 is 24.3 Å².